The Morgan fingerprint density at radius 2 is 1.73 bits per heavy atom. The number of pyridine rings is 1. The van der Waals surface area contributed by atoms with Gasteiger partial charge in [-0.1, -0.05) is 41.5 Å². The van der Waals surface area contributed by atoms with Crippen molar-refractivity contribution in [2.75, 3.05) is 11.9 Å². The van der Waals surface area contributed by atoms with Crippen LogP contribution in [0.1, 0.15) is 22.3 Å². The minimum absolute atomic E-state index is 0.151. The number of H-pyrrole nitrogens is 1. The molecule has 0 fully saturated rings. The number of benzene rings is 3. The summed E-state index contributed by atoms with van der Waals surface area (Å²) in [5.41, 5.74) is 4.88. The average Bonchev–Trinajstić information content (AvgIpc) is 2.78. The van der Waals surface area contributed by atoms with Crippen LogP contribution in [0.4, 0.5) is 14.9 Å². The Morgan fingerprint density at radius 3 is 2.48 bits per heavy atom. The molecule has 2 amide bonds. The second-order valence-corrected chi connectivity index (χ2v) is 8.31. The fourth-order valence-electron chi connectivity index (χ4n) is 3.81. The summed E-state index contributed by atoms with van der Waals surface area (Å²) in [6.45, 7) is 4.59. The number of anilines is 1. The summed E-state index contributed by atoms with van der Waals surface area (Å²) in [7, 11) is 0. The van der Waals surface area contributed by atoms with Crippen molar-refractivity contribution in [3.8, 4) is 0 Å². The second-order valence-electron chi connectivity index (χ2n) is 8.31. The third kappa shape index (κ3) is 5.66. The lowest BCUT2D eigenvalue weighted by Crippen LogP contribution is -2.37. The molecule has 4 rings (SSSR count). The number of aromatic nitrogens is 1. The SMILES string of the molecule is Cc1cccc(CCN(Cc2cc3cc(C)ccc3[nH]c2=O)C(=O)Nc2ccc(F)cc2)c1. The maximum absolute atomic E-state index is 13.3. The smallest absolute Gasteiger partial charge is 0.322 e. The van der Waals surface area contributed by atoms with Gasteiger partial charge in [-0.25, -0.2) is 9.18 Å². The highest BCUT2D eigenvalue weighted by molar-refractivity contribution is 5.89. The maximum atomic E-state index is 13.3. The number of amides is 2. The van der Waals surface area contributed by atoms with Crippen LogP contribution in [0.3, 0.4) is 0 Å². The number of carbonyl (C=O) groups excluding carboxylic acids is 1. The van der Waals surface area contributed by atoms with E-state index in [-0.39, 0.29) is 24.0 Å². The van der Waals surface area contributed by atoms with Crippen molar-refractivity contribution < 1.29 is 9.18 Å². The number of halogens is 1. The third-order valence-electron chi connectivity index (χ3n) is 5.57. The Kier molecular flexibility index (Phi) is 6.54. The van der Waals surface area contributed by atoms with E-state index in [1.165, 1.54) is 24.3 Å². The van der Waals surface area contributed by atoms with Crippen LogP contribution < -0.4 is 10.9 Å². The first-order valence-corrected chi connectivity index (χ1v) is 10.9. The van der Waals surface area contributed by atoms with E-state index in [4.69, 9.17) is 0 Å². The Labute approximate surface area is 191 Å². The molecule has 0 spiro atoms. The molecule has 3 aromatic carbocycles. The van der Waals surface area contributed by atoms with Gasteiger partial charge in [0.1, 0.15) is 5.82 Å². The molecule has 1 heterocycles. The van der Waals surface area contributed by atoms with Gasteiger partial charge in [-0.2, -0.15) is 0 Å². The number of aromatic amines is 1. The number of nitrogens with one attached hydrogen (secondary N) is 2. The van der Waals surface area contributed by atoms with E-state index in [0.29, 0.717) is 24.2 Å². The van der Waals surface area contributed by atoms with Gasteiger partial charge >= 0.3 is 6.03 Å². The van der Waals surface area contributed by atoms with Crippen LogP contribution >= 0.6 is 0 Å². The van der Waals surface area contributed by atoms with Gasteiger partial charge in [-0.05, 0) is 73.7 Å². The lowest BCUT2D eigenvalue weighted by molar-refractivity contribution is 0.209. The molecule has 0 aliphatic heterocycles. The van der Waals surface area contributed by atoms with Gasteiger partial charge in [-0.3, -0.25) is 4.79 Å². The lowest BCUT2D eigenvalue weighted by Gasteiger charge is -2.23. The molecule has 6 heteroatoms. The summed E-state index contributed by atoms with van der Waals surface area (Å²) >= 11 is 0. The quantitative estimate of drug-likeness (QED) is 0.410. The zero-order chi connectivity index (χ0) is 23.4. The van der Waals surface area contributed by atoms with Crippen LogP contribution in [-0.2, 0) is 13.0 Å². The van der Waals surface area contributed by atoms with Gasteiger partial charge < -0.3 is 15.2 Å². The Morgan fingerprint density at radius 1 is 0.970 bits per heavy atom. The highest BCUT2D eigenvalue weighted by Crippen LogP contribution is 2.16. The standard InChI is InChI=1S/C27H26FN3O2/c1-18-4-3-5-20(14-18)12-13-31(27(33)29-24-9-7-23(28)8-10-24)17-22-16-21-15-19(2)6-11-25(21)30-26(22)32/h3-11,14-16H,12-13,17H2,1-2H3,(H,29,33)(H,30,32). The molecule has 0 saturated carbocycles. The van der Waals surface area contributed by atoms with Gasteiger partial charge in [0, 0.05) is 23.3 Å². The monoisotopic (exact) mass is 443 g/mol. The van der Waals surface area contributed by atoms with Crippen molar-refractivity contribution in [3.05, 3.63) is 111 Å². The Balaban J connectivity index is 1.60. The van der Waals surface area contributed by atoms with E-state index in [1.54, 1.807) is 4.90 Å². The summed E-state index contributed by atoms with van der Waals surface area (Å²) in [6.07, 6.45) is 0.642. The molecule has 0 radical (unpaired) electrons. The molecule has 0 aliphatic carbocycles. The first-order chi connectivity index (χ1) is 15.9. The molecule has 0 atom stereocenters. The van der Waals surface area contributed by atoms with E-state index in [1.807, 2.05) is 56.3 Å². The van der Waals surface area contributed by atoms with Crippen molar-refractivity contribution in [1.82, 2.24) is 9.88 Å². The van der Waals surface area contributed by atoms with Gasteiger partial charge in [0.2, 0.25) is 0 Å². The number of hydrogen-bond acceptors (Lipinski definition) is 2. The Bertz CT molecular complexity index is 1350. The zero-order valence-electron chi connectivity index (χ0n) is 18.7. The van der Waals surface area contributed by atoms with Crippen LogP contribution in [0.25, 0.3) is 10.9 Å². The molecule has 0 unspecified atom stereocenters. The molecule has 0 saturated heterocycles. The Hall–Kier alpha value is -3.93. The van der Waals surface area contributed by atoms with Crippen LogP contribution in [0.2, 0.25) is 0 Å². The van der Waals surface area contributed by atoms with Crippen LogP contribution in [0.15, 0.2) is 77.6 Å². The molecule has 0 aliphatic rings. The highest BCUT2D eigenvalue weighted by atomic mass is 19.1. The molecular formula is C27H26FN3O2. The van der Waals surface area contributed by atoms with E-state index in [0.717, 1.165) is 27.6 Å². The average molecular weight is 444 g/mol. The van der Waals surface area contributed by atoms with E-state index in [9.17, 15) is 14.0 Å². The molecule has 33 heavy (non-hydrogen) atoms. The lowest BCUT2D eigenvalue weighted by atomic mass is 10.1. The summed E-state index contributed by atoms with van der Waals surface area (Å²) in [6, 6.07) is 21.1. The number of aryl methyl sites for hydroxylation is 2. The van der Waals surface area contributed by atoms with Gasteiger partial charge in [0.15, 0.2) is 0 Å². The molecule has 2 N–H and O–H groups in total. The first-order valence-electron chi connectivity index (χ1n) is 10.9. The topological polar surface area (TPSA) is 65.2 Å². The zero-order valence-corrected chi connectivity index (χ0v) is 18.7. The van der Waals surface area contributed by atoms with Gasteiger partial charge in [0.25, 0.3) is 5.56 Å². The van der Waals surface area contributed by atoms with Gasteiger partial charge in [-0.15, -0.1) is 0 Å². The first kappa shape index (κ1) is 22.3. The molecule has 4 aromatic rings. The van der Waals surface area contributed by atoms with E-state index in [2.05, 4.69) is 16.4 Å². The van der Waals surface area contributed by atoms with Crippen molar-refractivity contribution >= 4 is 22.6 Å². The number of fused-ring (bicyclic) bond motifs is 1. The maximum Gasteiger partial charge on any atom is 0.322 e. The van der Waals surface area contributed by atoms with Crippen LogP contribution in [0, 0.1) is 19.7 Å². The number of urea groups is 1. The molecule has 1 aromatic heterocycles. The number of nitrogens with zero attached hydrogens (tertiary/aromatic N) is 1. The number of hydrogen-bond donors (Lipinski definition) is 2. The normalized spacial score (nSPS) is 10.9. The second kappa shape index (κ2) is 9.69. The number of carbonyl (C=O) groups is 1. The third-order valence-corrected chi connectivity index (χ3v) is 5.57. The number of rotatable bonds is 6. The van der Waals surface area contributed by atoms with E-state index < -0.39 is 0 Å². The fourth-order valence-corrected chi connectivity index (χ4v) is 3.81. The van der Waals surface area contributed by atoms with Crippen LogP contribution in [0.5, 0.6) is 0 Å². The van der Waals surface area contributed by atoms with Crippen molar-refractivity contribution in [1.29, 1.82) is 0 Å². The molecule has 5 nitrogen and oxygen atoms in total. The predicted molar refractivity (Wildman–Crippen MR) is 130 cm³/mol. The van der Waals surface area contributed by atoms with E-state index >= 15 is 0 Å². The predicted octanol–water partition coefficient (Wildman–Crippen LogP) is 5.56. The van der Waals surface area contributed by atoms with Crippen molar-refractivity contribution in [2.45, 2.75) is 26.8 Å². The largest absolute Gasteiger partial charge is 0.322 e. The van der Waals surface area contributed by atoms with Crippen molar-refractivity contribution in [2.24, 2.45) is 0 Å². The van der Waals surface area contributed by atoms with Crippen molar-refractivity contribution in [3.63, 3.8) is 0 Å². The minimum atomic E-state index is -0.373. The summed E-state index contributed by atoms with van der Waals surface area (Å²) < 4.78 is 13.3. The highest BCUT2D eigenvalue weighted by Gasteiger charge is 2.17. The fraction of sp³-hybridized carbons (Fsp3) is 0.185. The summed E-state index contributed by atoms with van der Waals surface area (Å²) in [5.74, 6) is -0.373. The molecule has 168 valence electrons. The van der Waals surface area contributed by atoms with Crippen LogP contribution in [-0.4, -0.2) is 22.5 Å². The molecular weight excluding hydrogens is 417 g/mol. The molecule has 0 bridgehead atoms. The minimum Gasteiger partial charge on any atom is -0.322 e. The van der Waals surface area contributed by atoms with Gasteiger partial charge in [0.05, 0.1) is 6.54 Å². The summed E-state index contributed by atoms with van der Waals surface area (Å²) in [4.78, 5) is 30.4. The summed E-state index contributed by atoms with van der Waals surface area (Å²) in [5, 5.41) is 3.73.